The van der Waals surface area contributed by atoms with Gasteiger partial charge in [-0.25, -0.2) is 0 Å². The number of nitrogens with one attached hydrogen (secondary N) is 1. The fraction of sp³-hybridized carbons (Fsp3) is 0.846. The van der Waals surface area contributed by atoms with Crippen LogP contribution in [0.4, 0.5) is 0 Å². The first kappa shape index (κ1) is 56.1. The molecule has 0 rings (SSSR count). The van der Waals surface area contributed by atoms with Gasteiger partial charge >= 0.3 is 5.97 Å². The molecule has 3 N–H and O–H groups in total. The summed E-state index contributed by atoms with van der Waals surface area (Å²) in [5.41, 5.74) is 0. The Labute approximate surface area is 360 Å². The molecular formula is C52H97NO5. The Hall–Kier alpha value is -1.92. The van der Waals surface area contributed by atoms with Crippen molar-refractivity contribution in [3.63, 3.8) is 0 Å². The minimum Gasteiger partial charge on any atom is -0.462 e. The third-order valence-electron chi connectivity index (χ3n) is 11.5. The molecule has 0 aromatic carbocycles. The zero-order valence-electron chi connectivity index (χ0n) is 38.7. The first-order chi connectivity index (χ1) is 28.5. The maximum Gasteiger partial charge on any atom is 0.306 e. The lowest BCUT2D eigenvalue weighted by atomic mass is 10.0. The molecule has 58 heavy (non-hydrogen) atoms. The van der Waals surface area contributed by atoms with Crippen LogP contribution in [0.3, 0.4) is 0 Å². The van der Waals surface area contributed by atoms with Crippen LogP contribution < -0.4 is 5.32 Å². The van der Waals surface area contributed by atoms with Crippen molar-refractivity contribution in [2.24, 2.45) is 0 Å². The van der Waals surface area contributed by atoms with Gasteiger partial charge in [-0.1, -0.05) is 211 Å². The number of aliphatic hydroxyl groups is 2. The number of ether oxygens (including phenoxy) is 1. The van der Waals surface area contributed by atoms with E-state index in [0.29, 0.717) is 19.3 Å². The van der Waals surface area contributed by atoms with Crippen LogP contribution in [0.1, 0.15) is 258 Å². The van der Waals surface area contributed by atoms with Crippen LogP contribution in [0.25, 0.3) is 0 Å². The van der Waals surface area contributed by atoms with Crippen LogP contribution in [0.15, 0.2) is 36.5 Å². The average Bonchev–Trinajstić information content (AvgIpc) is 3.22. The molecule has 0 aliphatic heterocycles. The van der Waals surface area contributed by atoms with Gasteiger partial charge in [-0.05, 0) is 70.6 Å². The fourth-order valence-corrected chi connectivity index (χ4v) is 7.65. The number of carbonyl (C=O) groups is 2. The number of amides is 1. The summed E-state index contributed by atoms with van der Waals surface area (Å²) >= 11 is 0. The number of hydrogen-bond donors (Lipinski definition) is 3. The summed E-state index contributed by atoms with van der Waals surface area (Å²) < 4.78 is 5.90. The Morgan fingerprint density at radius 1 is 0.517 bits per heavy atom. The molecular weight excluding hydrogens is 719 g/mol. The molecule has 6 nitrogen and oxygen atoms in total. The predicted octanol–water partition coefficient (Wildman–Crippen LogP) is 14.9. The summed E-state index contributed by atoms with van der Waals surface area (Å²) in [5, 5.41) is 23.7. The normalized spacial score (nSPS) is 13.5. The number of allylic oxidation sites excluding steroid dienone is 6. The van der Waals surface area contributed by atoms with E-state index in [9.17, 15) is 19.8 Å². The van der Waals surface area contributed by atoms with Crippen molar-refractivity contribution in [2.75, 3.05) is 6.61 Å². The fourth-order valence-electron chi connectivity index (χ4n) is 7.65. The van der Waals surface area contributed by atoms with Gasteiger partial charge in [0.2, 0.25) is 5.91 Å². The Balaban J connectivity index is 4.55. The van der Waals surface area contributed by atoms with Crippen LogP contribution in [-0.4, -0.2) is 46.9 Å². The largest absolute Gasteiger partial charge is 0.462 e. The summed E-state index contributed by atoms with van der Waals surface area (Å²) in [4.78, 5) is 26.1. The van der Waals surface area contributed by atoms with Crippen molar-refractivity contribution in [1.29, 1.82) is 0 Å². The van der Waals surface area contributed by atoms with Gasteiger partial charge in [-0.3, -0.25) is 9.59 Å². The molecule has 0 saturated heterocycles. The molecule has 0 fully saturated rings. The van der Waals surface area contributed by atoms with E-state index in [4.69, 9.17) is 4.74 Å². The van der Waals surface area contributed by atoms with E-state index in [1.54, 1.807) is 0 Å². The van der Waals surface area contributed by atoms with E-state index in [-0.39, 0.29) is 24.9 Å². The summed E-state index contributed by atoms with van der Waals surface area (Å²) in [6.45, 7) is 6.37. The SMILES string of the molecule is CC/C=C/C/C=C/CCCCCCCCCC(=O)OC(CCC/C=C\CCCCCCCC)CC(=O)NC(CO)C(O)CCCCCCCCCCCCCCCC. The third-order valence-corrected chi connectivity index (χ3v) is 11.5. The zero-order valence-corrected chi connectivity index (χ0v) is 38.7. The van der Waals surface area contributed by atoms with Crippen molar-refractivity contribution in [3.8, 4) is 0 Å². The third kappa shape index (κ3) is 40.8. The predicted molar refractivity (Wildman–Crippen MR) is 250 cm³/mol. The van der Waals surface area contributed by atoms with E-state index < -0.39 is 18.2 Å². The number of rotatable bonds is 45. The van der Waals surface area contributed by atoms with Gasteiger partial charge in [0.15, 0.2) is 0 Å². The second-order valence-corrected chi connectivity index (χ2v) is 17.2. The Morgan fingerprint density at radius 2 is 0.948 bits per heavy atom. The zero-order chi connectivity index (χ0) is 42.4. The standard InChI is InChI=1S/C52H97NO5/c1-4-7-10-13-16-19-22-24-26-29-32-35-38-41-44-50(55)49(47-54)53-51(56)46-48(43-40-37-34-31-28-21-18-15-12-9-6-3)58-52(57)45-42-39-36-33-30-27-25-23-20-17-14-11-8-5-2/h8,11,17,20,31,34,48-50,54-55H,4-7,9-10,12-16,18-19,21-30,32-33,35-47H2,1-3H3,(H,53,56)/b11-8+,20-17+,34-31-. The van der Waals surface area contributed by atoms with Gasteiger partial charge in [-0.2, -0.15) is 0 Å². The molecule has 0 aliphatic carbocycles. The maximum atomic E-state index is 13.2. The van der Waals surface area contributed by atoms with Crippen molar-refractivity contribution in [2.45, 2.75) is 277 Å². The molecule has 3 unspecified atom stereocenters. The van der Waals surface area contributed by atoms with Crippen molar-refractivity contribution in [1.82, 2.24) is 5.32 Å². The van der Waals surface area contributed by atoms with Crippen LogP contribution in [-0.2, 0) is 14.3 Å². The van der Waals surface area contributed by atoms with E-state index in [1.165, 1.54) is 135 Å². The highest BCUT2D eigenvalue weighted by Crippen LogP contribution is 2.17. The highest BCUT2D eigenvalue weighted by atomic mass is 16.5. The smallest absolute Gasteiger partial charge is 0.306 e. The second-order valence-electron chi connectivity index (χ2n) is 17.2. The van der Waals surface area contributed by atoms with E-state index >= 15 is 0 Å². The molecule has 0 bridgehead atoms. The van der Waals surface area contributed by atoms with Gasteiger partial charge in [0.1, 0.15) is 6.10 Å². The Morgan fingerprint density at radius 3 is 1.45 bits per heavy atom. The molecule has 340 valence electrons. The summed E-state index contributed by atoms with van der Waals surface area (Å²) in [6.07, 6.45) is 53.5. The highest BCUT2D eigenvalue weighted by molar-refractivity contribution is 5.77. The molecule has 0 aliphatic rings. The quantitative estimate of drug-likeness (QED) is 0.0323. The van der Waals surface area contributed by atoms with Gasteiger partial charge in [-0.15, -0.1) is 0 Å². The number of esters is 1. The molecule has 0 saturated carbocycles. The molecule has 0 radical (unpaired) electrons. The monoisotopic (exact) mass is 816 g/mol. The Bertz CT molecular complexity index is 961. The molecule has 6 heteroatoms. The summed E-state index contributed by atoms with van der Waals surface area (Å²) in [5.74, 6) is -0.507. The van der Waals surface area contributed by atoms with Crippen LogP contribution in [0.5, 0.6) is 0 Å². The lowest BCUT2D eigenvalue weighted by Crippen LogP contribution is -2.46. The minimum atomic E-state index is -0.793. The number of unbranched alkanes of at least 4 members (excludes halogenated alkanes) is 27. The van der Waals surface area contributed by atoms with Gasteiger partial charge in [0.25, 0.3) is 0 Å². The first-order valence-corrected chi connectivity index (χ1v) is 25.2. The second kappa shape index (κ2) is 46.2. The number of aliphatic hydroxyl groups excluding tert-OH is 2. The molecule has 0 aromatic heterocycles. The van der Waals surface area contributed by atoms with E-state index in [1.807, 2.05) is 0 Å². The van der Waals surface area contributed by atoms with Gasteiger partial charge in [0.05, 0.1) is 25.2 Å². The van der Waals surface area contributed by atoms with Crippen molar-refractivity contribution >= 4 is 11.9 Å². The lowest BCUT2D eigenvalue weighted by Gasteiger charge is -2.24. The summed E-state index contributed by atoms with van der Waals surface area (Å²) in [7, 11) is 0. The van der Waals surface area contributed by atoms with E-state index in [2.05, 4.69) is 62.5 Å². The topological polar surface area (TPSA) is 95.9 Å². The highest BCUT2D eigenvalue weighted by Gasteiger charge is 2.24. The van der Waals surface area contributed by atoms with Crippen molar-refractivity contribution in [3.05, 3.63) is 36.5 Å². The van der Waals surface area contributed by atoms with Crippen LogP contribution >= 0.6 is 0 Å². The molecule has 1 amide bonds. The number of carbonyl (C=O) groups excluding carboxylic acids is 2. The molecule has 0 spiro atoms. The van der Waals surface area contributed by atoms with Crippen LogP contribution in [0.2, 0.25) is 0 Å². The van der Waals surface area contributed by atoms with Gasteiger partial charge < -0.3 is 20.3 Å². The number of hydrogen-bond acceptors (Lipinski definition) is 5. The van der Waals surface area contributed by atoms with Crippen molar-refractivity contribution < 1.29 is 24.5 Å². The van der Waals surface area contributed by atoms with Gasteiger partial charge in [0, 0.05) is 6.42 Å². The average molecular weight is 816 g/mol. The minimum absolute atomic E-state index is 0.0555. The Kier molecular flexibility index (Phi) is 44.6. The molecule has 0 heterocycles. The summed E-state index contributed by atoms with van der Waals surface area (Å²) in [6, 6.07) is -0.708. The first-order valence-electron chi connectivity index (χ1n) is 25.2. The van der Waals surface area contributed by atoms with Crippen LogP contribution in [0, 0.1) is 0 Å². The molecule has 3 atom stereocenters. The maximum absolute atomic E-state index is 13.2. The molecule has 0 aromatic rings. The van der Waals surface area contributed by atoms with E-state index in [0.717, 1.165) is 77.0 Å². The lowest BCUT2D eigenvalue weighted by molar-refractivity contribution is -0.151.